The molecule has 108 valence electrons. The number of aryl methyl sites for hydroxylation is 1. The molecule has 2 aromatic rings. The zero-order valence-corrected chi connectivity index (χ0v) is 12.1. The molecule has 0 atom stereocenters. The van der Waals surface area contributed by atoms with Crippen molar-refractivity contribution in [3.8, 4) is 5.75 Å². The summed E-state index contributed by atoms with van der Waals surface area (Å²) in [4.78, 5) is 26.0. The first-order chi connectivity index (χ1) is 10.1. The Morgan fingerprint density at radius 1 is 1.43 bits per heavy atom. The quantitative estimate of drug-likeness (QED) is 0.946. The molecule has 0 spiro atoms. The number of amides is 1. The first-order valence-electron chi connectivity index (χ1n) is 6.41. The van der Waals surface area contributed by atoms with E-state index in [-0.39, 0.29) is 17.4 Å². The van der Waals surface area contributed by atoms with E-state index in [0.717, 1.165) is 16.1 Å². The van der Waals surface area contributed by atoms with Crippen molar-refractivity contribution in [1.82, 2.24) is 0 Å². The number of hydrogen-bond acceptors (Lipinski definition) is 4. The molecule has 0 saturated carbocycles. The molecular formula is C15H13NO4S. The van der Waals surface area contributed by atoms with E-state index in [0.29, 0.717) is 12.3 Å². The summed E-state index contributed by atoms with van der Waals surface area (Å²) in [5.41, 5.74) is 1.57. The van der Waals surface area contributed by atoms with Crippen molar-refractivity contribution in [3.05, 3.63) is 45.6 Å². The Balaban J connectivity index is 1.94. The predicted octanol–water partition coefficient (Wildman–Crippen LogP) is 2.68. The van der Waals surface area contributed by atoms with E-state index in [1.165, 1.54) is 11.3 Å². The number of carboxylic acid groups (broad SMARTS) is 1. The van der Waals surface area contributed by atoms with E-state index in [2.05, 4.69) is 0 Å². The Kier molecular flexibility index (Phi) is 3.39. The van der Waals surface area contributed by atoms with Gasteiger partial charge in [-0.05, 0) is 30.7 Å². The van der Waals surface area contributed by atoms with Gasteiger partial charge in [0.2, 0.25) is 0 Å². The molecule has 0 unspecified atom stereocenters. The Labute approximate surface area is 125 Å². The number of rotatable bonds is 3. The standard InChI is InChI=1S/C15H13NO4S/c1-9-10(6-13(21-9)15(18)19)7-16-11-4-2-3-5-12(11)20-8-14(16)17/h2-6H,7-8H2,1H3,(H,18,19). The summed E-state index contributed by atoms with van der Waals surface area (Å²) in [6.07, 6.45) is 0. The molecule has 3 rings (SSSR count). The molecule has 1 aromatic carbocycles. The number of carboxylic acids is 1. The van der Waals surface area contributed by atoms with Gasteiger partial charge in [-0.25, -0.2) is 4.79 Å². The number of nitrogens with zero attached hydrogens (tertiary/aromatic N) is 1. The first kappa shape index (κ1) is 13.6. The topological polar surface area (TPSA) is 66.8 Å². The van der Waals surface area contributed by atoms with Crippen molar-refractivity contribution in [2.45, 2.75) is 13.5 Å². The third-order valence-electron chi connectivity index (χ3n) is 3.37. The fourth-order valence-corrected chi connectivity index (χ4v) is 3.15. The summed E-state index contributed by atoms with van der Waals surface area (Å²) in [6.45, 7) is 2.23. The summed E-state index contributed by atoms with van der Waals surface area (Å²) in [5, 5.41) is 9.05. The van der Waals surface area contributed by atoms with Gasteiger partial charge in [-0.3, -0.25) is 4.79 Å². The highest BCUT2D eigenvalue weighted by Crippen LogP contribution is 2.33. The maximum atomic E-state index is 12.1. The Hall–Kier alpha value is -2.34. The van der Waals surface area contributed by atoms with Crippen molar-refractivity contribution in [2.24, 2.45) is 0 Å². The van der Waals surface area contributed by atoms with Crippen LogP contribution in [0.2, 0.25) is 0 Å². The second-order valence-electron chi connectivity index (χ2n) is 4.73. The number of fused-ring (bicyclic) bond motifs is 1. The first-order valence-corrected chi connectivity index (χ1v) is 7.22. The predicted molar refractivity (Wildman–Crippen MR) is 79.1 cm³/mol. The van der Waals surface area contributed by atoms with Crippen LogP contribution in [-0.4, -0.2) is 23.6 Å². The molecule has 6 heteroatoms. The third-order valence-corrected chi connectivity index (χ3v) is 4.45. The second-order valence-corrected chi connectivity index (χ2v) is 5.99. The lowest BCUT2D eigenvalue weighted by Gasteiger charge is -2.29. The van der Waals surface area contributed by atoms with Gasteiger partial charge in [0.25, 0.3) is 5.91 Å². The lowest BCUT2D eigenvalue weighted by atomic mass is 10.2. The maximum absolute atomic E-state index is 12.1. The monoisotopic (exact) mass is 303 g/mol. The van der Waals surface area contributed by atoms with E-state index in [1.807, 2.05) is 31.2 Å². The molecular weight excluding hydrogens is 290 g/mol. The van der Waals surface area contributed by atoms with Gasteiger partial charge in [0, 0.05) is 4.88 Å². The lowest BCUT2D eigenvalue weighted by molar-refractivity contribution is -0.121. The molecule has 21 heavy (non-hydrogen) atoms. The molecule has 5 nitrogen and oxygen atoms in total. The minimum absolute atomic E-state index is 0.00594. The number of thiophene rings is 1. The van der Waals surface area contributed by atoms with E-state index in [9.17, 15) is 9.59 Å². The van der Waals surface area contributed by atoms with Gasteiger partial charge in [0.05, 0.1) is 12.2 Å². The van der Waals surface area contributed by atoms with E-state index in [1.54, 1.807) is 11.0 Å². The summed E-state index contributed by atoms with van der Waals surface area (Å²) in [7, 11) is 0. The third kappa shape index (κ3) is 2.50. The van der Waals surface area contributed by atoms with Crippen LogP contribution < -0.4 is 9.64 Å². The number of hydrogen-bond donors (Lipinski definition) is 1. The molecule has 0 fully saturated rings. The number of ether oxygens (including phenoxy) is 1. The van der Waals surface area contributed by atoms with Crippen LogP contribution >= 0.6 is 11.3 Å². The van der Waals surface area contributed by atoms with Gasteiger partial charge < -0.3 is 14.7 Å². The lowest BCUT2D eigenvalue weighted by Crippen LogP contribution is -2.38. The fourth-order valence-electron chi connectivity index (χ4n) is 2.28. The zero-order chi connectivity index (χ0) is 15.0. The molecule has 0 saturated heterocycles. The highest BCUT2D eigenvalue weighted by atomic mass is 32.1. The van der Waals surface area contributed by atoms with Gasteiger partial charge in [-0.1, -0.05) is 12.1 Å². The van der Waals surface area contributed by atoms with Gasteiger partial charge in [-0.2, -0.15) is 0 Å². The summed E-state index contributed by atoms with van der Waals surface area (Å²) in [5.74, 6) is -0.400. The van der Waals surface area contributed by atoms with Crippen LogP contribution in [0.1, 0.15) is 20.1 Å². The summed E-state index contributed by atoms with van der Waals surface area (Å²) in [6, 6.07) is 8.97. The smallest absolute Gasteiger partial charge is 0.345 e. The highest BCUT2D eigenvalue weighted by Gasteiger charge is 2.26. The number of anilines is 1. The number of benzene rings is 1. The molecule has 1 aliphatic heterocycles. The highest BCUT2D eigenvalue weighted by molar-refractivity contribution is 7.14. The van der Waals surface area contributed by atoms with E-state index < -0.39 is 5.97 Å². The Morgan fingerprint density at radius 3 is 2.90 bits per heavy atom. The second kappa shape index (κ2) is 5.21. The van der Waals surface area contributed by atoms with Crippen LogP contribution in [0.15, 0.2) is 30.3 Å². The average molecular weight is 303 g/mol. The number of para-hydroxylation sites is 2. The maximum Gasteiger partial charge on any atom is 0.345 e. The van der Waals surface area contributed by atoms with Crippen LogP contribution in [0.5, 0.6) is 5.75 Å². The SMILES string of the molecule is Cc1sc(C(=O)O)cc1CN1C(=O)COc2ccccc21. The molecule has 0 bridgehead atoms. The molecule has 2 heterocycles. The van der Waals surface area contributed by atoms with Gasteiger partial charge in [0.1, 0.15) is 10.6 Å². The molecule has 1 amide bonds. The van der Waals surface area contributed by atoms with Crippen LogP contribution in [0.25, 0.3) is 0 Å². The normalized spacial score (nSPS) is 13.8. The van der Waals surface area contributed by atoms with E-state index >= 15 is 0 Å². The van der Waals surface area contributed by atoms with Crippen LogP contribution in [0, 0.1) is 6.92 Å². The molecule has 0 aliphatic carbocycles. The van der Waals surface area contributed by atoms with Gasteiger partial charge >= 0.3 is 5.97 Å². The summed E-state index contributed by atoms with van der Waals surface area (Å²) >= 11 is 1.22. The Bertz CT molecular complexity index is 722. The van der Waals surface area contributed by atoms with Crippen LogP contribution in [0.4, 0.5) is 5.69 Å². The van der Waals surface area contributed by atoms with E-state index in [4.69, 9.17) is 9.84 Å². The van der Waals surface area contributed by atoms with Gasteiger partial charge in [-0.15, -0.1) is 11.3 Å². The van der Waals surface area contributed by atoms with Crippen molar-refractivity contribution in [1.29, 1.82) is 0 Å². The molecule has 1 N–H and O–H groups in total. The number of aromatic carboxylic acids is 1. The fraction of sp³-hybridized carbons (Fsp3) is 0.200. The largest absolute Gasteiger partial charge is 0.482 e. The number of carbonyl (C=O) groups is 2. The van der Waals surface area contributed by atoms with Crippen molar-refractivity contribution < 1.29 is 19.4 Å². The van der Waals surface area contributed by atoms with Gasteiger partial charge in [0.15, 0.2) is 6.61 Å². The minimum Gasteiger partial charge on any atom is -0.482 e. The number of carbonyl (C=O) groups excluding carboxylic acids is 1. The molecule has 0 radical (unpaired) electrons. The summed E-state index contributed by atoms with van der Waals surface area (Å²) < 4.78 is 5.39. The average Bonchev–Trinajstić information content (AvgIpc) is 2.84. The zero-order valence-electron chi connectivity index (χ0n) is 11.3. The van der Waals surface area contributed by atoms with Crippen LogP contribution in [0.3, 0.4) is 0 Å². The van der Waals surface area contributed by atoms with Crippen molar-refractivity contribution >= 4 is 28.9 Å². The van der Waals surface area contributed by atoms with Crippen molar-refractivity contribution in [3.63, 3.8) is 0 Å². The van der Waals surface area contributed by atoms with Crippen molar-refractivity contribution in [2.75, 3.05) is 11.5 Å². The minimum atomic E-state index is -0.942. The molecule has 1 aromatic heterocycles. The van der Waals surface area contributed by atoms with Crippen LogP contribution in [-0.2, 0) is 11.3 Å². The molecule has 1 aliphatic rings. The Morgan fingerprint density at radius 2 is 2.19 bits per heavy atom.